The molecule has 154 valence electrons. The van der Waals surface area contributed by atoms with E-state index in [1.54, 1.807) is 0 Å². The Balaban J connectivity index is 1.35. The number of rotatable bonds is 5. The van der Waals surface area contributed by atoms with Crippen LogP contribution >= 0.6 is 0 Å². The van der Waals surface area contributed by atoms with Crippen LogP contribution < -0.4 is 0 Å². The number of aromatic nitrogens is 1. The van der Waals surface area contributed by atoms with Gasteiger partial charge in [0.15, 0.2) is 5.78 Å². The van der Waals surface area contributed by atoms with Crippen LogP contribution in [0.2, 0.25) is 0 Å². The molecule has 2 fully saturated rings. The van der Waals surface area contributed by atoms with Gasteiger partial charge in [-0.05, 0) is 69.9 Å². The third-order valence-electron chi connectivity index (χ3n) is 6.48. The Morgan fingerprint density at radius 1 is 0.931 bits per heavy atom. The second-order valence-electron chi connectivity index (χ2n) is 8.68. The van der Waals surface area contributed by atoms with Crippen LogP contribution in [0.5, 0.6) is 0 Å². The first kappa shape index (κ1) is 19.9. The third kappa shape index (κ3) is 4.01. The van der Waals surface area contributed by atoms with Crippen molar-refractivity contribution in [3.05, 3.63) is 57.9 Å². The second kappa shape index (κ2) is 7.79. The number of amides is 1. The summed E-state index contributed by atoms with van der Waals surface area (Å²) in [6.45, 7) is 11.5. The van der Waals surface area contributed by atoms with E-state index in [2.05, 4.69) is 36.3 Å². The molecule has 0 spiro atoms. The average molecular weight is 394 g/mol. The Morgan fingerprint density at radius 3 is 2.24 bits per heavy atom. The molecule has 0 unspecified atom stereocenters. The van der Waals surface area contributed by atoms with Crippen molar-refractivity contribution in [3.63, 3.8) is 0 Å². The summed E-state index contributed by atoms with van der Waals surface area (Å²) >= 11 is 0. The minimum Gasteiger partial charge on any atom is -0.345 e. The molecule has 29 heavy (non-hydrogen) atoms. The van der Waals surface area contributed by atoms with Crippen molar-refractivity contribution in [2.24, 2.45) is 0 Å². The quantitative estimate of drug-likeness (QED) is 0.728. The van der Waals surface area contributed by atoms with E-state index in [0.717, 1.165) is 35.5 Å². The standard InChI is InChI=1S/C24H31N3O2/c1-16-5-6-20(13-17(16)2)24(29)26-11-9-25(10-12-26)15-23(28)22-14-18(3)27(19(22)4)21-7-8-21/h5-6,13-14,21H,7-12,15H2,1-4H3. The van der Waals surface area contributed by atoms with Gasteiger partial charge in [-0.15, -0.1) is 0 Å². The van der Waals surface area contributed by atoms with Crippen LogP contribution in [0.3, 0.4) is 0 Å². The number of hydrogen-bond acceptors (Lipinski definition) is 3. The van der Waals surface area contributed by atoms with Gasteiger partial charge in [-0.2, -0.15) is 0 Å². The van der Waals surface area contributed by atoms with Gasteiger partial charge in [0, 0.05) is 54.7 Å². The van der Waals surface area contributed by atoms with Gasteiger partial charge in [0.05, 0.1) is 6.54 Å². The van der Waals surface area contributed by atoms with Gasteiger partial charge < -0.3 is 9.47 Å². The van der Waals surface area contributed by atoms with Gasteiger partial charge in [0.25, 0.3) is 5.91 Å². The first-order valence-corrected chi connectivity index (χ1v) is 10.7. The van der Waals surface area contributed by atoms with Gasteiger partial charge in [-0.1, -0.05) is 6.07 Å². The lowest BCUT2D eigenvalue weighted by Gasteiger charge is -2.34. The first-order valence-electron chi connectivity index (χ1n) is 10.7. The Hall–Kier alpha value is -2.40. The van der Waals surface area contributed by atoms with Gasteiger partial charge in [0.2, 0.25) is 0 Å². The SMILES string of the molecule is Cc1ccc(C(=O)N2CCN(CC(=O)c3cc(C)n(C4CC4)c3C)CC2)cc1C. The summed E-state index contributed by atoms with van der Waals surface area (Å²) in [7, 11) is 0. The van der Waals surface area contributed by atoms with Crippen molar-refractivity contribution in [3.8, 4) is 0 Å². The van der Waals surface area contributed by atoms with Crippen LogP contribution in [0.4, 0.5) is 0 Å². The fourth-order valence-corrected chi connectivity index (χ4v) is 4.41. The number of nitrogens with zero attached hydrogens (tertiary/aromatic N) is 3. The number of Topliss-reactive ketones (excluding diaryl/α,β-unsaturated/α-hetero) is 1. The van der Waals surface area contributed by atoms with Crippen LogP contribution in [-0.4, -0.2) is 58.8 Å². The number of hydrogen-bond donors (Lipinski definition) is 0. The van der Waals surface area contributed by atoms with Crippen LogP contribution in [0, 0.1) is 27.7 Å². The van der Waals surface area contributed by atoms with Crippen LogP contribution in [0.1, 0.15) is 62.1 Å². The molecule has 1 aromatic carbocycles. The minimum atomic E-state index is 0.0899. The van der Waals surface area contributed by atoms with Gasteiger partial charge >= 0.3 is 0 Å². The van der Waals surface area contributed by atoms with Crippen molar-refractivity contribution >= 4 is 11.7 Å². The van der Waals surface area contributed by atoms with Crippen LogP contribution in [0.25, 0.3) is 0 Å². The fraction of sp³-hybridized carbons (Fsp3) is 0.500. The predicted octanol–water partition coefficient (Wildman–Crippen LogP) is 3.70. The number of carbonyl (C=O) groups is 2. The molecule has 1 amide bonds. The Bertz CT molecular complexity index is 947. The Morgan fingerprint density at radius 2 is 1.62 bits per heavy atom. The Kier molecular flexibility index (Phi) is 5.34. The van der Waals surface area contributed by atoms with Gasteiger partial charge in [-0.25, -0.2) is 0 Å². The Labute approximate surface area is 173 Å². The van der Waals surface area contributed by atoms with E-state index in [0.29, 0.717) is 25.7 Å². The summed E-state index contributed by atoms with van der Waals surface area (Å²) in [6, 6.07) is 8.54. The van der Waals surface area contributed by atoms with E-state index in [1.165, 1.54) is 24.1 Å². The molecule has 2 heterocycles. The highest BCUT2D eigenvalue weighted by molar-refractivity contribution is 5.99. The average Bonchev–Trinajstić information content (AvgIpc) is 3.48. The zero-order valence-corrected chi connectivity index (χ0v) is 18.0. The molecule has 4 rings (SSSR count). The molecule has 2 aromatic rings. The topological polar surface area (TPSA) is 45.6 Å². The molecule has 0 atom stereocenters. The highest BCUT2D eigenvalue weighted by Gasteiger charge is 2.29. The van der Waals surface area contributed by atoms with Crippen molar-refractivity contribution in [1.29, 1.82) is 0 Å². The van der Waals surface area contributed by atoms with E-state index in [-0.39, 0.29) is 11.7 Å². The summed E-state index contributed by atoms with van der Waals surface area (Å²) in [5.41, 5.74) is 6.26. The van der Waals surface area contributed by atoms with E-state index >= 15 is 0 Å². The fourth-order valence-electron chi connectivity index (χ4n) is 4.41. The maximum Gasteiger partial charge on any atom is 0.253 e. The molecular formula is C24H31N3O2. The molecule has 1 aromatic heterocycles. The normalized spacial score (nSPS) is 17.6. The molecule has 0 radical (unpaired) electrons. The summed E-state index contributed by atoms with van der Waals surface area (Å²) in [5.74, 6) is 0.283. The zero-order valence-electron chi connectivity index (χ0n) is 18.0. The maximum atomic E-state index is 12.9. The van der Waals surface area contributed by atoms with Crippen LogP contribution in [-0.2, 0) is 0 Å². The van der Waals surface area contributed by atoms with Crippen molar-refractivity contribution in [1.82, 2.24) is 14.4 Å². The first-order chi connectivity index (χ1) is 13.8. The summed E-state index contributed by atoms with van der Waals surface area (Å²) in [5, 5.41) is 0. The van der Waals surface area contributed by atoms with E-state index in [4.69, 9.17) is 0 Å². The molecule has 2 aliphatic rings. The highest BCUT2D eigenvalue weighted by atomic mass is 16.2. The van der Waals surface area contributed by atoms with E-state index in [9.17, 15) is 9.59 Å². The minimum absolute atomic E-state index is 0.0899. The molecule has 0 N–H and O–H groups in total. The molecule has 1 aliphatic heterocycles. The molecule has 1 aliphatic carbocycles. The predicted molar refractivity (Wildman–Crippen MR) is 115 cm³/mol. The van der Waals surface area contributed by atoms with Gasteiger partial charge in [0.1, 0.15) is 0 Å². The largest absolute Gasteiger partial charge is 0.345 e. The second-order valence-corrected chi connectivity index (χ2v) is 8.68. The van der Waals surface area contributed by atoms with Crippen molar-refractivity contribution in [2.45, 2.75) is 46.6 Å². The lowest BCUT2D eigenvalue weighted by Crippen LogP contribution is -2.49. The maximum absolute atomic E-state index is 12.9. The third-order valence-corrected chi connectivity index (χ3v) is 6.48. The molecule has 1 saturated heterocycles. The lowest BCUT2D eigenvalue weighted by atomic mass is 10.1. The summed E-state index contributed by atoms with van der Waals surface area (Å²) in [6.07, 6.45) is 2.45. The zero-order chi connectivity index (χ0) is 20.7. The van der Waals surface area contributed by atoms with E-state index in [1.807, 2.05) is 30.0 Å². The van der Waals surface area contributed by atoms with E-state index < -0.39 is 0 Å². The number of ketones is 1. The number of carbonyl (C=O) groups excluding carboxylic acids is 2. The lowest BCUT2D eigenvalue weighted by molar-refractivity contribution is 0.0624. The van der Waals surface area contributed by atoms with Crippen molar-refractivity contribution in [2.75, 3.05) is 32.7 Å². The highest BCUT2D eigenvalue weighted by Crippen LogP contribution is 2.38. The molecular weight excluding hydrogens is 362 g/mol. The summed E-state index contributed by atoms with van der Waals surface area (Å²) < 4.78 is 2.33. The molecule has 5 heteroatoms. The smallest absolute Gasteiger partial charge is 0.253 e. The van der Waals surface area contributed by atoms with Crippen LogP contribution in [0.15, 0.2) is 24.3 Å². The molecule has 0 bridgehead atoms. The number of aryl methyl sites for hydroxylation is 3. The summed E-state index contributed by atoms with van der Waals surface area (Å²) in [4.78, 5) is 29.8. The number of benzene rings is 1. The monoisotopic (exact) mass is 393 g/mol. The molecule has 5 nitrogen and oxygen atoms in total. The number of piperazine rings is 1. The molecule has 1 saturated carbocycles. The van der Waals surface area contributed by atoms with Crippen molar-refractivity contribution < 1.29 is 9.59 Å². The van der Waals surface area contributed by atoms with Gasteiger partial charge in [-0.3, -0.25) is 14.5 Å².